The molecule has 0 atom stereocenters. The van der Waals surface area contributed by atoms with E-state index < -0.39 is 0 Å². The van der Waals surface area contributed by atoms with E-state index in [9.17, 15) is 9.90 Å². The number of allylic oxidation sites excluding steroid dienone is 2. The van der Waals surface area contributed by atoms with E-state index in [1.807, 2.05) is 54.2 Å². The molecule has 2 aromatic rings. The highest BCUT2D eigenvalue weighted by Crippen LogP contribution is 2.35. The fourth-order valence-electron chi connectivity index (χ4n) is 5.96. The van der Waals surface area contributed by atoms with Crippen LogP contribution in [0.4, 0.5) is 5.82 Å². The van der Waals surface area contributed by atoms with E-state index in [1.54, 1.807) is 13.3 Å². The molecule has 222 valence electrons. The third kappa shape index (κ3) is 7.94. The first-order chi connectivity index (χ1) is 19.7. The quantitative estimate of drug-likeness (QED) is 0.256. The highest BCUT2D eigenvalue weighted by Gasteiger charge is 2.33. The van der Waals surface area contributed by atoms with Crippen LogP contribution in [0.1, 0.15) is 85.1 Å². The number of methoxy groups -OCH3 is 1. The number of anilines is 1. The SMILES string of the molecule is C=C(C=NC(OC)=C(C)C)C1CCC(CN(C(=O)C2CCC(O)CC2)c2cc(-c3cnn(C(C)C)c3)ccn2)CC1. The molecule has 2 heterocycles. The van der Waals surface area contributed by atoms with E-state index in [2.05, 4.69) is 30.5 Å². The summed E-state index contributed by atoms with van der Waals surface area (Å²) < 4.78 is 7.30. The van der Waals surface area contributed by atoms with E-state index in [-0.39, 0.29) is 24.0 Å². The summed E-state index contributed by atoms with van der Waals surface area (Å²) in [6, 6.07) is 4.28. The lowest BCUT2D eigenvalue weighted by atomic mass is 9.78. The van der Waals surface area contributed by atoms with E-state index in [0.29, 0.717) is 42.9 Å². The molecule has 41 heavy (non-hydrogen) atoms. The first-order valence-corrected chi connectivity index (χ1v) is 15.1. The number of aliphatic hydroxyl groups is 1. The minimum atomic E-state index is -0.296. The van der Waals surface area contributed by atoms with Crippen LogP contribution < -0.4 is 4.90 Å². The lowest BCUT2D eigenvalue weighted by Crippen LogP contribution is -2.42. The van der Waals surface area contributed by atoms with Crippen molar-refractivity contribution < 1.29 is 14.6 Å². The van der Waals surface area contributed by atoms with Gasteiger partial charge in [-0.05, 0) is 120 Å². The van der Waals surface area contributed by atoms with E-state index >= 15 is 0 Å². The molecule has 0 saturated heterocycles. The molecule has 8 nitrogen and oxygen atoms in total. The molecule has 0 aromatic carbocycles. The summed E-state index contributed by atoms with van der Waals surface area (Å²) in [4.78, 5) is 25.1. The molecule has 2 aromatic heterocycles. The fraction of sp³-hybridized carbons (Fsp3) is 0.576. The van der Waals surface area contributed by atoms with Gasteiger partial charge in [0.25, 0.3) is 0 Å². The summed E-state index contributed by atoms with van der Waals surface area (Å²) in [7, 11) is 1.64. The summed E-state index contributed by atoms with van der Waals surface area (Å²) in [5, 5.41) is 14.5. The third-order valence-electron chi connectivity index (χ3n) is 8.58. The minimum Gasteiger partial charge on any atom is -0.481 e. The van der Waals surface area contributed by atoms with Crippen molar-refractivity contribution in [3.8, 4) is 11.1 Å². The van der Waals surface area contributed by atoms with Crippen molar-refractivity contribution in [1.82, 2.24) is 14.8 Å². The maximum absolute atomic E-state index is 14.0. The standard InChI is InChI=1S/C33H47N5O3/c1-22(2)32(41-6)35-18-24(5)26-9-7-25(8-10-26)20-37(33(40)27-11-13-30(39)14-12-27)31-17-28(15-16-34-31)29-19-36-38(21-29)23(3)4/h15-19,21,23,25-27,30,39H,5,7-14,20H2,1-4,6H3. The third-order valence-corrected chi connectivity index (χ3v) is 8.58. The van der Waals surface area contributed by atoms with Crippen LogP contribution in [0.5, 0.6) is 0 Å². The molecule has 0 unspecified atom stereocenters. The van der Waals surface area contributed by atoms with Crippen molar-refractivity contribution in [1.29, 1.82) is 0 Å². The molecule has 0 bridgehead atoms. The number of carbonyl (C=O) groups excluding carboxylic acids is 1. The van der Waals surface area contributed by atoms with Crippen molar-refractivity contribution in [2.24, 2.45) is 22.7 Å². The van der Waals surface area contributed by atoms with E-state index in [0.717, 1.165) is 60.8 Å². The normalized spacial score (nSPS) is 23.0. The lowest BCUT2D eigenvalue weighted by Gasteiger charge is -2.35. The van der Waals surface area contributed by atoms with Crippen LogP contribution >= 0.6 is 0 Å². The molecule has 2 aliphatic rings. The smallest absolute Gasteiger partial charge is 0.231 e. The molecule has 0 spiro atoms. The Bertz CT molecular complexity index is 1240. The molecule has 2 aliphatic carbocycles. The minimum absolute atomic E-state index is 0.0788. The Balaban J connectivity index is 1.49. The van der Waals surface area contributed by atoms with E-state index in [1.165, 1.54) is 0 Å². The van der Waals surface area contributed by atoms with Gasteiger partial charge in [0.2, 0.25) is 11.8 Å². The van der Waals surface area contributed by atoms with Crippen LogP contribution in [0.15, 0.2) is 59.3 Å². The number of hydrogen-bond donors (Lipinski definition) is 1. The van der Waals surface area contributed by atoms with Crippen LogP contribution in [-0.4, -0.2) is 51.8 Å². The number of hydrogen-bond acceptors (Lipinski definition) is 6. The number of ether oxygens (including phenoxy) is 1. The zero-order chi connectivity index (χ0) is 29.5. The molecule has 1 amide bonds. The van der Waals surface area contributed by atoms with Gasteiger partial charge in [0.1, 0.15) is 5.82 Å². The summed E-state index contributed by atoms with van der Waals surface area (Å²) in [6.07, 6.45) is 14.1. The Labute approximate surface area is 245 Å². The summed E-state index contributed by atoms with van der Waals surface area (Å²) in [5.41, 5.74) is 4.08. The molecule has 0 radical (unpaired) electrons. The maximum Gasteiger partial charge on any atom is 0.231 e. The first-order valence-electron chi connectivity index (χ1n) is 15.1. The number of aliphatic imine (C=N–C) groups is 1. The number of rotatable bonds is 10. The van der Waals surface area contributed by atoms with Gasteiger partial charge >= 0.3 is 0 Å². The van der Waals surface area contributed by atoms with Crippen LogP contribution in [0.3, 0.4) is 0 Å². The molecular weight excluding hydrogens is 514 g/mol. The molecule has 2 fully saturated rings. The monoisotopic (exact) mass is 561 g/mol. The first kappa shape index (κ1) is 30.7. The highest BCUT2D eigenvalue weighted by atomic mass is 16.5. The van der Waals surface area contributed by atoms with Crippen LogP contribution in [0, 0.1) is 17.8 Å². The van der Waals surface area contributed by atoms with Crippen molar-refractivity contribution in [3.05, 3.63) is 54.3 Å². The number of pyridine rings is 1. The van der Waals surface area contributed by atoms with E-state index in [4.69, 9.17) is 9.72 Å². The Morgan fingerprint density at radius 2 is 1.83 bits per heavy atom. The predicted octanol–water partition coefficient (Wildman–Crippen LogP) is 6.74. The molecule has 4 rings (SSSR count). The van der Waals surface area contributed by atoms with Crippen molar-refractivity contribution in [2.75, 3.05) is 18.6 Å². The predicted molar refractivity (Wildman–Crippen MR) is 165 cm³/mol. The second-order valence-electron chi connectivity index (χ2n) is 12.2. The Kier molecular flexibility index (Phi) is 10.5. The van der Waals surface area contributed by atoms with Crippen LogP contribution in [0.25, 0.3) is 11.1 Å². The average Bonchev–Trinajstić information content (AvgIpc) is 3.47. The van der Waals surface area contributed by atoms with Crippen molar-refractivity contribution in [2.45, 2.75) is 91.2 Å². The summed E-state index contributed by atoms with van der Waals surface area (Å²) in [6.45, 7) is 13.1. The van der Waals surface area contributed by atoms with Gasteiger partial charge in [0.05, 0.1) is 19.4 Å². The second-order valence-corrected chi connectivity index (χ2v) is 12.2. The largest absolute Gasteiger partial charge is 0.481 e. The fourth-order valence-corrected chi connectivity index (χ4v) is 5.96. The summed E-state index contributed by atoms with van der Waals surface area (Å²) >= 11 is 0. The van der Waals surface area contributed by atoms with Gasteiger partial charge in [0.15, 0.2) is 0 Å². The number of carbonyl (C=O) groups is 1. The average molecular weight is 562 g/mol. The number of aromatic nitrogens is 3. The van der Waals surface area contributed by atoms with Crippen molar-refractivity contribution in [3.63, 3.8) is 0 Å². The van der Waals surface area contributed by atoms with Gasteiger partial charge in [-0.2, -0.15) is 5.10 Å². The molecule has 1 N–H and O–H groups in total. The molecule has 8 heteroatoms. The van der Waals surface area contributed by atoms with Gasteiger partial charge in [0, 0.05) is 42.7 Å². The Morgan fingerprint density at radius 1 is 1.15 bits per heavy atom. The number of amides is 1. The zero-order valence-corrected chi connectivity index (χ0v) is 25.4. The van der Waals surface area contributed by atoms with Gasteiger partial charge < -0.3 is 9.84 Å². The number of aliphatic hydroxyl groups excluding tert-OH is 1. The maximum atomic E-state index is 14.0. The van der Waals surface area contributed by atoms with Gasteiger partial charge in [-0.3, -0.25) is 14.4 Å². The second kappa shape index (κ2) is 14.1. The Hall–Kier alpha value is -3.26. The van der Waals surface area contributed by atoms with Gasteiger partial charge in [-0.15, -0.1) is 0 Å². The van der Waals surface area contributed by atoms with Gasteiger partial charge in [-0.25, -0.2) is 9.98 Å². The highest BCUT2D eigenvalue weighted by molar-refractivity contribution is 5.94. The molecule has 0 aliphatic heterocycles. The zero-order valence-electron chi connectivity index (χ0n) is 25.4. The topological polar surface area (TPSA) is 92.8 Å². The lowest BCUT2D eigenvalue weighted by molar-refractivity contribution is -0.124. The molecule has 2 saturated carbocycles. The van der Waals surface area contributed by atoms with Gasteiger partial charge in [-0.1, -0.05) is 6.58 Å². The number of nitrogens with zero attached hydrogens (tertiary/aromatic N) is 5. The molecular formula is C33H47N5O3. The summed E-state index contributed by atoms with van der Waals surface area (Å²) in [5.74, 6) is 2.15. The Morgan fingerprint density at radius 3 is 2.44 bits per heavy atom. The van der Waals surface area contributed by atoms with Crippen molar-refractivity contribution >= 4 is 17.9 Å². The van der Waals surface area contributed by atoms with Crippen LogP contribution in [0.2, 0.25) is 0 Å². The van der Waals surface area contributed by atoms with Crippen LogP contribution in [-0.2, 0) is 9.53 Å².